The van der Waals surface area contributed by atoms with Crippen molar-refractivity contribution < 1.29 is 9.84 Å². The number of aliphatic hydroxyl groups excluding tert-OH is 1. The highest BCUT2D eigenvalue weighted by molar-refractivity contribution is 5.35. The van der Waals surface area contributed by atoms with Crippen LogP contribution in [0.4, 0.5) is 0 Å². The third kappa shape index (κ3) is 2.16. The summed E-state index contributed by atoms with van der Waals surface area (Å²) in [7, 11) is 1.53. The Bertz CT molecular complexity index is 348. The first-order valence-corrected chi connectivity index (χ1v) is 4.11. The Morgan fingerprint density at radius 2 is 2.29 bits per heavy atom. The highest BCUT2D eigenvalue weighted by atomic mass is 16.5. The average Bonchev–Trinajstić information content (AvgIpc) is 2.26. The molecule has 0 aliphatic carbocycles. The summed E-state index contributed by atoms with van der Waals surface area (Å²) in [6, 6.07) is 6.54. The molecule has 5 heteroatoms. The molecule has 1 aromatic rings. The van der Waals surface area contributed by atoms with Gasteiger partial charge in [0.1, 0.15) is 5.75 Å². The van der Waals surface area contributed by atoms with Gasteiger partial charge in [0.15, 0.2) is 0 Å². The van der Waals surface area contributed by atoms with Crippen LogP contribution in [-0.4, -0.2) is 18.8 Å². The smallest absolute Gasteiger partial charge is 0.122 e. The monoisotopic (exact) mass is 193 g/mol. The van der Waals surface area contributed by atoms with Crippen LogP contribution in [0.1, 0.15) is 11.6 Å². The van der Waals surface area contributed by atoms with Crippen molar-refractivity contribution in [3.05, 3.63) is 40.3 Å². The van der Waals surface area contributed by atoms with Crippen LogP contribution in [-0.2, 0) is 0 Å². The predicted molar refractivity (Wildman–Crippen MR) is 52.0 cm³/mol. The number of hydrogen-bond acceptors (Lipinski definition) is 3. The highest BCUT2D eigenvalue weighted by Gasteiger charge is 2.12. The molecule has 1 atom stereocenters. The first-order chi connectivity index (χ1) is 6.83. The largest absolute Gasteiger partial charge is 0.496 e. The molecule has 0 radical (unpaired) electrons. The van der Waals surface area contributed by atoms with E-state index in [4.69, 9.17) is 15.4 Å². The fourth-order valence-corrected chi connectivity index (χ4v) is 1.20. The number of azide groups is 1. The van der Waals surface area contributed by atoms with Gasteiger partial charge in [-0.05, 0) is 11.6 Å². The van der Waals surface area contributed by atoms with Crippen LogP contribution in [0.15, 0.2) is 29.4 Å². The van der Waals surface area contributed by atoms with E-state index >= 15 is 0 Å². The van der Waals surface area contributed by atoms with Crippen LogP contribution in [0.2, 0.25) is 0 Å². The van der Waals surface area contributed by atoms with Gasteiger partial charge in [0.25, 0.3) is 0 Å². The lowest BCUT2D eigenvalue weighted by molar-refractivity contribution is 0.264. The van der Waals surface area contributed by atoms with E-state index in [1.165, 1.54) is 7.11 Å². The number of benzene rings is 1. The summed E-state index contributed by atoms with van der Waals surface area (Å²) in [6.45, 7) is -0.232. The van der Waals surface area contributed by atoms with Crippen molar-refractivity contribution in [2.24, 2.45) is 5.11 Å². The molecule has 0 saturated carbocycles. The van der Waals surface area contributed by atoms with Crippen LogP contribution in [0.3, 0.4) is 0 Å². The second kappa shape index (κ2) is 5.11. The SMILES string of the molecule is COc1ccccc1C(CO)N=[N+]=[N-]. The molecule has 0 aromatic heterocycles. The zero-order chi connectivity index (χ0) is 10.4. The Labute approximate surface area is 81.6 Å². The number of ether oxygens (including phenoxy) is 1. The zero-order valence-electron chi connectivity index (χ0n) is 7.79. The minimum absolute atomic E-state index is 0.232. The molecule has 1 unspecified atom stereocenters. The van der Waals surface area contributed by atoms with Gasteiger partial charge in [-0.2, -0.15) is 0 Å². The van der Waals surface area contributed by atoms with E-state index < -0.39 is 6.04 Å². The zero-order valence-corrected chi connectivity index (χ0v) is 7.79. The molecule has 1 aromatic carbocycles. The van der Waals surface area contributed by atoms with Crippen molar-refractivity contribution in [3.63, 3.8) is 0 Å². The third-order valence-electron chi connectivity index (χ3n) is 1.86. The van der Waals surface area contributed by atoms with Gasteiger partial charge < -0.3 is 9.84 Å². The number of para-hydroxylation sites is 1. The lowest BCUT2D eigenvalue weighted by atomic mass is 10.1. The van der Waals surface area contributed by atoms with Gasteiger partial charge >= 0.3 is 0 Å². The van der Waals surface area contributed by atoms with Crippen molar-refractivity contribution in [1.82, 2.24) is 0 Å². The first kappa shape index (κ1) is 10.4. The maximum atomic E-state index is 9.01. The van der Waals surface area contributed by atoms with Crippen molar-refractivity contribution in [3.8, 4) is 5.75 Å². The molecular weight excluding hydrogens is 182 g/mol. The number of nitrogens with zero attached hydrogens (tertiary/aromatic N) is 3. The van der Waals surface area contributed by atoms with Gasteiger partial charge in [0, 0.05) is 10.5 Å². The number of hydrogen-bond donors (Lipinski definition) is 1. The number of aliphatic hydroxyl groups is 1. The Hall–Kier alpha value is -1.71. The standard InChI is InChI=1S/C9H11N3O2/c1-14-9-5-3-2-4-7(9)8(6-13)11-12-10/h2-5,8,13H,6H2,1H3. The van der Waals surface area contributed by atoms with E-state index in [0.29, 0.717) is 11.3 Å². The second-order valence-corrected chi connectivity index (χ2v) is 2.65. The molecule has 5 nitrogen and oxygen atoms in total. The maximum Gasteiger partial charge on any atom is 0.122 e. The molecule has 0 aliphatic heterocycles. The van der Waals surface area contributed by atoms with E-state index in [1.807, 2.05) is 6.07 Å². The summed E-state index contributed by atoms with van der Waals surface area (Å²) >= 11 is 0. The Morgan fingerprint density at radius 3 is 2.86 bits per heavy atom. The molecular formula is C9H11N3O2. The van der Waals surface area contributed by atoms with Gasteiger partial charge in [0.05, 0.1) is 19.8 Å². The van der Waals surface area contributed by atoms with E-state index in [9.17, 15) is 0 Å². The Morgan fingerprint density at radius 1 is 1.57 bits per heavy atom. The van der Waals surface area contributed by atoms with Crippen LogP contribution < -0.4 is 4.74 Å². The molecule has 1 rings (SSSR count). The van der Waals surface area contributed by atoms with E-state index in [1.54, 1.807) is 18.2 Å². The van der Waals surface area contributed by atoms with Gasteiger partial charge in [0.2, 0.25) is 0 Å². The summed E-state index contributed by atoms with van der Waals surface area (Å²) in [5, 5.41) is 12.5. The van der Waals surface area contributed by atoms with Crippen LogP contribution in [0, 0.1) is 0 Å². The Kier molecular flexibility index (Phi) is 3.79. The summed E-state index contributed by atoms with van der Waals surface area (Å²) in [4.78, 5) is 2.67. The molecule has 0 aliphatic rings. The fraction of sp³-hybridized carbons (Fsp3) is 0.333. The molecule has 0 heterocycles. The van der Waals surface area contributed by atoms with Crippen LogP contribution in [0.5, 0.6) is 5.75 Å². The molecule has 1 N–H and O–H groups in total. The van der Waals surface area contributed by atoms with Crippen LogP contribution >= 0.6 is 0 Å². The van der Waals surface area contributed by atoms with E-state index in [-0.39, 0.29) is 6.61 Å². The highest BCUT2D eigenvalue weighted by Crippen LogP contribution is 2.26. The summed E-state index contributed by atoms with van der Waals surface area (Å²) < 4.78 is 5.08. The summed E-state index contributed by atoms with van der Waals surface area (Å²) in [6.07, 6.45) is 0. The van der Waals surface area contributed by atoms with Gasteiger partial charge in [-0.3, -0.25) is 0 Å². The normalized spacial score (nSPS) is 11.6. The van der Waals surface area contributed by atoms with Gasteiger partial charge in [-0.15, -0.1) is 0 Å². The minimum Gasteiger partial charge on any atom is -0.496 e. The van der Waals surface area contributed by atoms with E-state index in [2.05, 4.69) is 10.0 Å². The predicted octanol–water partition coefficient (Wildman–Crippen LogP) is 2.04. The lowest BCUT2D eigenvalue weighted by Gasteiger charge is -2.12. The fourth-order valence-electron chi connectivity index (χ4n) is 1.20. The minimum atomic E-state index is -0.587. The molecule has 0 bridgehead atoms. The number of methoxy groups -OCH3 is 1. The first-order valence-electron chi connectivity index (χ1n) is 4.11. The quantitative estimate of drug-likeness (QED) is 0.451. The molecule has 0 amide bonds. The molecule has 14 heavy (non-hydrogen) atoms. The second-order valence-electron chi connectivity index (χ2n) is 2.65. The Balaban J connectivity index is 3.08. The molecule has 0 spiro atoms. The molecule has 74 valence electrons. The van der Waals surface area contributed by atoms with Gasteiger partial charge in [-0.1, -0.05) is 23.3 Å². The van der Waals surface area contributed by atoms with Crippen molar-refractivity contribution in [1.29, 1.82) is 0 Å². The van der Waals surface area contributed by atoms with Crippen molar-refractivity contribution in [2.75, 3.05) is 13.7 Å². The molecule has 0 saturated heterocycles. The molecule has 0 fully saturated rings. The van der Waals surface area contributed by atoms with Gasteiger partial charge in [-0.25, -0.2) is 0 Å². The van der Waals surface area contributed by atoms with Crippen molar-refractivity contribution >= 4 is 0 Å². The average molecular weight is 193 g/mol. The van der Waals surface area contributed by atoms with Crippen LogP contribution in [0.25, 0.3) is 10.4 Å². The van der Waals surface area contributed by atoms with Crippen molar-refractivity contribution in [2.45, 2.75) is 6.04 Å². The van der Waals surface area contributed by atoms with E-state index in [0.717, 1.165) is 0 Å². The number of rotatable bonds is 4. The lowest BCUT2D eigenvalue weighted by Crippen LogP contribution is -2.02. The third-order valence-corrected chi connectivity index (χ3v) is 1.86. The summed E-state index contributed by atoms with van der Waals surface area (Å²) in [5.41, 5.74) is 8.99. The summed E-state index contributed by atoms with van der Waals surface area (Å²) in [5.74, 6) is 0.610. The maximum absolute atomic E-state index is 9.01. The topological polar surface area (TPSA) is 78.2 Å².